The van der Waals surface area contributed by atoms with Gasteiger partial charge in [-0.2, -0.15) is 0 Å². The molecule has 1 aliphatic carbocycles. The van der Waals surface area contributed by atoms with Crippen LogP contribution in [0.5, 0.6) is 0 Å². The Morgan fingerprint density at radius 3 is 3.07 bits per heavy atom. The molecule has 0 aromatic rings. The molecule has 2 atom stereocenters. The van der Waals surface area contributed by atoms with E-state index in [-0.39, 0.29) is 0 Å². The van der Waals surface area contributed by atoms with Gasteiger partial charge in [0.2, 0.25) is 0 Å². The maximum atomic E-state index is 2.51. The maximum absolute atomic E-state index is 2.51. The largest absolute Gasteiger partial charge is 0.306 e. The number of hydrogen-bond acceptors (Lipinski definition) is 1. The van der Waals surface area contributed by atoms with E-state index in [2.05, 4.69) is 44.0 Å². The van der Waals surface area contributed by atoms with E-state index in [0.717, 1.165) is 5.92 Å². The van der Waals surface area contributed by atoms with Crippen LogP contribution >= 0.6 is 0 Å². The van der Waals surface area contributed by atoms with E-state index in [1.807, 2.05) is 0 Å². The molecule has 1 nitrogen and oxygen atoms in total. The highest BCUT2D eigenvalue weighted by atomic mass is 15.1. The van der Waals surface area contributed by atoms with Gasteiger partial charge < -0.3 is 4.90 Å². The lowest BCUT2D eigenvalue weighted by atomic mass is 9.90. The number of allylic oxidation sites excluding steroid dienone is 4. The van der Waals surface area contributed by atoms with Crippen LogP contribution in [0.15, 0.2) is 23.8 Å². The van der Waals surface area contributed by atoms with Gasteiger partial charge in [-0.1, -0.05) is 23.8 Å². The van der Waals surface area contributed by atoms with Crippen LogP contribution in [0.3, 0.4) is 0 Å². The summed E-state index contributed by atoms with van der Waals surface area (Å²) in [6.07, 6.45) is 10.8. The van der Waals surface area contributed by atoms with Gasteiger partial charge in [0.1, 0.15) is 0 Å². The summed E-state index contributed by atoms with van der Waals surface area (Å²) in [5.41, 5.74) is 2.21. The second kappa shape index (κ2) is 4.13. The van der Waals surface area contributed by atoms with Crippen molar-refractivity contribution in [2.75, 3.05) is 20.1 Å². The van der Waals surface area contributed by atoms with Crippen molar-refractivity contribution in [1.82, 2.24) is 4.90 Å². The Morgan fingerprint density at radius 2 is 2.33 bits per heavy atom. The summed E-state index contributed by atoms with van der Waals surface area (Å²) in [5.74, 6) is 1.03. The van der Waals surface area contributed by atoms with Crippen molar-refractivity contribution >= 4 is 0 Å². The Hall–Kier alpha value is -0.560. The highest BCUT2D eigenvalue weighted by Crippen LogP contribution is 2.60. The molecule has 0 N–H and O–H groups in total. The normalized spacial score (nSPS) is 37.0. The van der Waals surface area contributed by atoms with Gasteiger partial charge in [-0.15, -0.1) is 0 Å². The molecule has 15 heavy (non-hydrogen) atoms. The molecule has 0 radical (unpaired) electrons. The van der Waals surface area contributed by atoms with Crippen LogP contribution < -0.4 is 0 Å². The van der Waals surface area contributed by atoms with Crippen LogP contribution in [0.4, 0.5) is 0 Å². The molecule has 2 rings (SSSR count). The van der Waals surface area contributed by atoms with Gasteiger partial charge in [0.05, 0.1) is 0 Å². The molecule has 0 aromatic heterocycles. The molecule has 2 unspecified atom stereocenters. The number of likely N-dealkylation sites (tertiary alicyclic amines) is 1. The van der Waals surface area contributed by atoms with Crippen LogP contribution in [0.1, 0.15) is 33.1 Å². The van der Waals surface area contributed by atoms with Crippen molar-refractivity contribution < 1.29 is 0 Å². The summed E-state index contributed by atoms with van der Waals surface area (Å²) in [6, 6.07) is 0. The average Bonchev–Trinajstić information content (AvgIpc) is 2.87. The lowest BCUT2D eigenvalue weighted by Crippen LogP contribution is -2.33. The minimum atomic E-state index is 0.662. The third-order valence-electron chi connectivity index (χ3n) is 4.01. The Balaban J connectivity index is 1.95. The first kappa shape index (κ1) is 10.9. The molecule has 0 spiro atoms. The first-order valence-electron chi connectivity index (χ1n) is 6.13. The zero-order chi connectivity index (χ0) is 10.9. The minimum absolute atomic E-state index is 0.662. The molecule has 1 heteroatoms. The Labute approximate surface area is 93.9 Å². The minimum Gasteiger partial charge on any atom is -0.306 e. The number of piperidine rings is 1. The van der Waals surface area contributed by atoms with E-state index >= 15 is 0 Å². The topological polar surface area (TPSA) is 3.24 Å². The molecular formula is C14H23N. The van der Waals surface area contributed by atoms with Crippen molar-refractivity contribution in [3.8, 4) is 0 Å². The van der Waals surface area contributed by atoms with Crippen LogP contribution in [0.2, 0.25) is 0 Å². The fraction of sp³-hybridized carbons (Fsp3) is 0.714. The van der Waals surface area contributed by atoms with Gasteiger partial charge in [-0.05, 0) is 58.0 Å². The predicted octanol–water partition coefficient (Wildman–Crippen LogP) is 3.24. The number of fused-ring (bicyclic) bond motifs is 1. The van der Waals surface area contributed by atoms with Crippen LogP contribution in [-0.2, 0) is 0 Å². The highest BCUT2D eigenvalue weighted by molar-refractivity contribution is 5.18. The second-order valence-electron chi connectivity index (χ2n) is 5.51. The van der Waals surface area contributed by atoms with Gasteiger partial charge in [-0.3, -0.25) is 0 Å². The van der Waals surface area contributed by atoms with Crippen molar-refractivity contribution in [2.45, 2.75) is 33.1 Å². The average molecular weight is 205 g/mol. The number of nitrogens with zero attached hydrogens (tertiary/aromatic N) is 1. The summed E-state index contributed by atoms with van der Waals surface area (Å²) >= 11 is 0. The van der Waals surface area contributed by atoms with E-state index in [9.17, 15) is 0 Å². The molecule has 2 aliphatic rings. The van der Waals surface area contributed by atoms with Crippen molar-refractivity contribution in [2.24, 2.45) is 11.3 Å². The van der Waals surface area contributed by atoms with Crippen molar-refractivity contribution in [3.05, 3.63) is 23.8 Å². The number of hydrogen-bond donors (Lipinski definition) is 0. The molecule has 1 heterocycles. The van der Waals surface area contributed by atoms with Crippen LogP contribution in [0.25, 0.3) is 0 Å². The molecule has 1 aliphatic heterocycles. The highest BCUT2D eigenvalue weighted by Gasteiger charge is 2.55. The molecule has 1 saturated carbocycles. The molecule has 2 fully saturated rings. The van der Waals surface area contributed by atoms with Gasteiger partial charge in [0.15, 0.2) is 0 Å². The van der Waals surface area contributed by atoms with Gasteiger partial charge in [0, 0.05) is 6.54 Å². The zero-order valence-corrected chi connectivity index (χ0v) is 10.3. The van der Waals surface area contributed by atoms with E-state index in [1.165, 1.54) is 32.4 Å². The summed E-state index contributed by atoms with van der Waals surface area (Å²) in [5, 5.41) is 0. The Kier molecular flexibility index (Phi) is 3.01. The third kappa shape index (κ3) is 2.34. The molecule has 84 valence electrons. The summed E-state index contributed by atoms with van der Waals surface area (Å²) < 4.78 is 0. The molecule has 0 amide bonds. The quantitative estimate of drug-likeness (QED) is 0.639. The Bertz CT molecular complexity index is 290. The SMILES string of the molecule is C/C=C\C=C(/C)CC12CC1CCN(C)C2. The van der Waals surface area contributed by atoms with E-state index in [1.54, 1.807) is 5.57 Å². The first-order valence-corrected chi connectivity index (χ1v) is 6.13. The fourth-order valence-corrected chi connectivity index (χ4v) is 3.17. The summed E-state index contributed by atoms with van der Waals surface area (Å²) in [6.45, 7) is 6.98. The monoisotopic (exact) mass is 205 g/mol. The Morgan fingerprint density at radius 1 is 1.53 bits per heavy atom. The van der Waals surface area contributed by atoms with Crippen LogP contribution in [0, 0.1) is 11.3 Å². The molecule has 0 bridgehead atoms. The van der Waals surface area contributed by atoms with Gasteiger partial charge in [0.25, 0.3) is 0 Å². The third-order valence-corrected chi connectivity index (χ3v) is 4.01. The van der Waals surface area contributed by atoms with Crippen LogP contribution in [-0.4, -0.2) is 25.0 Å². The van der Waals surface area contributed by atoms with Crippen molar-refractivity contribution in [1.29, 1.82) is 0 Å². The predicted molar refractivity (Wildman–Crippen MR) is 65.8 cm³/mol. The lowest BCUT2D eigenvalue weighted by molar-refractivity contribution is 0.197. The number of rotatable bonds is 3. The van der Waals surface area contributed by atoms with Gasteiger partial charge >= 0.3 is 0 Å². The van der Waals surface area contributed by atoms with E-state index in [0.29, 0.717) is 5.41 Å². The zero-order valence-electron chi connectivity index (χ0n) is 10.3. The molecular weight excluding hydrogens is 182 g/mol. The fourth-order valence-electron chi connectivity index (χ4n) is 3.17. The molecule has 1 saturated heterocycles. The maximum Gasteiger partial charge on any atom is 0.00408 e. The summed E-state index contributed by atoms with van der Waals surface area (Å²) in [7, 11) is 2.27. The lowest BCUT2D eigenvalue weighted by Gasteiger charge is -2.30. The van der Waals surface area contributed by atoms with Gasteiger partial charge in [-0.25, -0.2) is 0 Å². The van der Waals surface area contributed by atoms with E-state index < -0.39 is 0 Å². The standard InChI is InChI=1S/C14H23N/c1-4-5-6-12(2)9-14-10-13(14)7-8-15(3)11-14/h4-6,13H,7-11H2,1-3H3/b5-4-,12-6+. The summed E-state index contributed by atoms with van der Waals surface area (Å²) in [4.78, 5) is 2.51. The van der Waals surface area contributed by atoms with E-state index in [4.69, 9.17) is 0 Å². The first-order chi connectivity index (χ1) is 7.16. The van der Waals surface area contributed by atoms with Crippen molar-refractivity contribution in [3.63, 3.8) is 0 Å². The second-order valence-corrected chi connectivity index (χ2v) is 5.51. The molecule has 0 aromatic carbocycles. The smallest absolute Gasteiger partial charge is 0.00408 e.